The fourth-order valence-electron chi connectivity index (χ4n) is 2.65. The molecule has 3 rings (SSSR count). The largest absolute Gasteiger partial charge is 0.416 e. The summed E-state index contributed by atoms with van der Waals surface area (Å²) in [5, 5.41) is 5.10. The standard InChI is InChI=1S/C19H17F3N4O2/c1-2-9-23-17(27)15-14-8-3-4-10-26(14)16(25-15)18(28)24-13-7-5-6-12(11-13)19(20,21)22/h3-8,10-11H,2,9H2,1H3,(H,23,27)(H,24,28). The van der Waals surface area contributed by atoms with Crippen LogP contribution in [0.5, 0.6) is 0 Å². The molecule has 28 heavy (non-hydrogen) atoms. The van der Waals surface area contributed by atoms with Crippen LogP contribution in [-0.4, -0.2) is 27.7 Å². The second-order valence-electron chi connectivity index (χ2n) is 6.03. The van der Waals surface area contributed by atoms with Crippen LogP contribution in [0, 0.1) is 0 Å². The molecular formula is C19H17F3N4O2. The van der Waals surface area contributed by atoms with Crippen LogP contribution < -0.4 is 10.6 Å². The SMILES string of the molecule is CCCNC(=O)c1nc(C(=O)Nc2cccc(C(F)(F)F)c2)n2ccccc12. The fourth-order valence-corrected chi connectivity index (χ4v) is 2.65. The molecule has 0 fully saturated rings. The predicted molar refractivity (Wildman–Crippen MR) is 97.2 cm³/mol. The van der Waals surface area contributed by atoms with E-state index in [1.807, 2.05) is 6.92 Å². The number of halogens is 3. The first kappa shape index (κ1) is 19.4. The van der Waals surface area contributed by atoms with Crippen LogP contribution in [0.4, 0.5) is 18.9 Å². The molecule has 0 atom stereocenters. The van der Waals surface area contributed by atoms with Gasteiger partial charge >= 0.3 is 6.18 Å². The maximum atomic E-state index is 12.9. The smallest absolute Gasteiger partial charge is 0.351 e. The quantitative estimate of drug-likeness (QED) is 0.697. The van der Waals surface area contributed by atoms with Gasteiger partial charge in [0.15, 0.2) is 5.69 Å². The molecule has 0 saturated heterocycles. The molecule has 9 heteroatoms. The van der Waals surface area contributed by atoms with E-state index in [4.69, 9.17) is 0 Å². The zero-order chi connectivity index (χ0) is 20.3. The van der Waals surface area contributed by atoms with E-state index in [-0.39, 0.29) is 17.2 Å². The number of pyridine rings is 1. The van der Waals surface area contributed by atoms with Crippen molar-refractivity contribution in [3.8, 4) is 0 Å². The minimum Gasteiger partial charge on any atom is -0.351 e. The molecular weight excluding hydrogens is 373 g/mol. The number of carbonyl (C=O) groups excluding carboxylic acids is 2. The summed E-state index contributed by atoms with van der Waals surface area (Å²) in [6.45, 7) is 2.36. The van der Waals surface area contributed by atoms with Crippen LogP contribution in [0.25, 0.3) is 5.52 Å². The molecule has 2 heterocycles. The van der Waals surface area contributed by atoms with E-state index in [1.54, 1.807) is 24.4 Å². The number of aromatic nitrogens is 2. The number of nitrogens with zero attached hydrogens (tertiary/aromatic N) is 2. The number of benzene rings is 1. The Morgan fingerprint density at radius 3 is 2.61 bits per heavy atom. The van der Waals surface area contributed by atoms with Gasteiger partial charge in [-0.2, -0.15) is 13.2 Å². The Morgan fingerprint density at radius 2 is 1.89 bits per heavy atom. The average Bonchev–Trinajstić information content (AvgIpc) is 3.05. The van der Waals surface area contributed by atoms with Gasteiger partial charge < -0.3 is 10.6 Å². The number of anilines is 1. The highest BCUT2D eigenvalue weighted by atomic mass is 19.4. The van der Waals surface area contributed by atoms with Crippen molar-refractivity contribution in [2.24, 2.45) is 0 Å². The Balaban J connectivity index is 1.93. The summed E-state index contributed by atoms with van der Waals surface area (Å²) in [6, 6.07) is 9.28. The molecule has 0 aliphatic heterocycles. The van der Waals surface area contributed by atoms with Crippen molar-refractivity contribution in [3.05, 3.63) is 65.7 Å². The monoisotopic (exact) mass is 390 g/mol. The Hall–Kier alpha value is -3.36. The molecule has 6 nitrogen and oxygen atoms in total. The molecule has 2 aromatic heterocycles. The number of hydrogen-bond donors (Lipinski definition) is 2. The maximum absolute atomic E-state index is 12.9. The number of imidazole rings is 1. The maximum Gasteiger partial charge on any atom is 0.416 e. The zero-order valence-corrected chi connectivity index (χ0v) is 14.9. The molecule has 1 aromatic carbocycles. The van der Waals surface area contributed by atoms with E-state index in [0.717, 1.165) is 18.6 Å². The number of fused-ring (bicyclic) bond motifs is 1. The molecule has 0 unspecified atom stereocenters. The number of hydrogen-bond acceptors (Lipinski definition) is 3. The van der Waals surface area contributed by atoms with Crippen LogP contribution in [0.3, 0.4) is 0 Å². The first-order valence-electron chi connectivity index (χ1n) is 8.55. The first-order chi connectivity index (χ1) is 13.3. The molecule has 2 N–H and O–H groups in total. The number of carbonyl (C=O) groups is 2. The molecule has 2 amide bonds. The molecule has 0 radical (unpaired) electrons. The minimum absolute atomic E-state index is 0.0236. The molecule has 0 aliphatic carbocycles. The van der Waals surface area contributed by atoms with Gasteiger partial charge in [0.25, 0.3) is 11.8 Å². The predicted octanol–water partition coefficient (Wildman–Crippen LogP) is 3.75. The normalized spacial score (nSPS) is 11.4. The summed E-state index contributed by atoms with van der Waals surface area (Å²) in [5.41, 5.74) is -0.407. The lowest BCUT2D eigenvalue weighted by Crippen LogP contribution is -2.24. The molecule has 0 aliphatic rings. The van der Waals surface area contributed by atoms with E-state index in [1.165, 1.54) is 16.5 Å². The van der Waals surface area contributed by atoms with Crippen molar-refractivity contribution in [2.45, 2.75) is 19.5 Å². The van der Waals surface area contributed by atoms with Gasteiger partial charge in [-0.05, 0) is 36.8 Å². The summed E-state index contributed by atoms with van der Waals surface area (Å²) < 4.78 is 40.0. The Kier molecular flexibility index (Phi) is 5.34. The molecule has 0 bridgehead atoms. The minimum atomic E-state index is -4.52. The van der Waals surface area contributed by atoms with E-state index in [2.05, 4.69) is 15.6 Å². The van der Waals surface area contributed by atoms with Gasteiger partial charge in [-0.15, -0.1) is 0 Å². The van der Waals surface area contributed by atoms with Crippen molar-refractivity contribution in [1.82, 2.24) is 14.7 Å². The van der Waals surface area contributed by atoms with Gasteiger partial charge in [0.05, 0.1) is 11.1 Å². The average molecular weight is 390 g/mol. The summed E-state index contributed by atoms with van der Waals surface area (Å²) >= 11 is 0. The highest BCUT2D eigenvalue weighted by Crippen LogP contribution is 2.30. The highest BCUT2D eigenvalue weighted by molar-refractivity contribution is 6.06. The number of rotatable bonds is 5. The lowest BCUT2D eigenvalue weighted by Gasteiger charge is -2.09. The first-order valence-corrected chi connectivity index (χ1v) is 8.55. The van der Waals surface area contributed by atoms with Gasteiger partial charge in [0.2, 0.25) is 5.82 Å². The Bertz CT molecular complexity index is 1030. The van der Waals surface area contributed by atoms with Crippen LogP contribution in [0.1, 0.15) is 40.0 Å². The second kappa shape index (κ2) is 7.71. The van der Waals surface area contributed by atoms with E-state index in [0.29, 0.717) is 12.1 Å². The van der Waals surface area contributed by atoms with Gasteiger partial charge in [-0.3, -0.25) is 14.0 Å². The summed E-state index contributed by atoms with van der Waals surface area (Å²) in [4.78, 5) is 29.1. The molecule has 146 valence electrons. The van der Waals surface area contributed by atoms with Crippen molar-refractivity contribution < 1.29 is 22.8 Å². The lowest BCUT2D eigenvalue weighted by molar-refractivity contribution is -0.137. The van der Waals surface area contributed by atoms with Crippen molar-refractivity contribution in [1.29, 1.82) is 0 Å². The van der Waals surface area contributed by atoms with E-state index < -0.39 is 23.6 Å². The van der Waals surface area contributed by atoms with Crippen molar-refractivity contribution in [3.63, 3.8) is 0 Å². The Morgan fingerprint density at radius 1 is 1.11 bits per heavy atom. The number of amides is 2. The third kappa shape index (κ3) is 3.98. The summed E-state index contributed by atoms with van der Waals surface area (Å²) in [6.07, 6.45) is -2.23. The van der Waals surface area contributed by atoms with Crippen molar-refractivity contribution >= 4 is 23.0 Å². The van der Waals surface area contributed by atoms with Crippen LogP contribution in [0.15, 0.2) is 48.7 Å². The van der Waals surface area contributed by atoms with Crippen LogP contribution in [-0.2, 0) is 6.18 Å². The van der Waals surface area contributed by atoms with Gasteiger partial charge in [-0.25, -0.2) is 4.98 Å². The fraction of sp³-hybridized carbons (Fsp3) is 0.211. The third-order valence-electron chi connectivity index (χ3n) is 3.95. The third-order valence-corrected chi connectivity index (χ3v) is 3.95. The topological polar surface area (TPSA) is 75.5 Å². The van der Waals surface area contributed by atoms with Gasteiger partial charge in [-0.1, -0.05) is 19.1 Å². The Labute approximate surface area is 158 Å². The van der Waals surface area contributed by atoms with Crippen LogP contribution >= 0.6 is 0 Å². The molecule has 0 saturated carbocycles. The highest BCUT2D eigenvalue weighted by Gasteiger charge is 2.30. The van der Waals surface area contributed by atoms with E-state index >= 15 is 0 Å². The summed E-state index contributed by atoms with van der Waals surface area (Å²) in [7, 11) is 0. The van der Waals surface area contributed by atoms with Crippen LogP contribution in [0.2, 0.25) is 0 Å². The zero-order valence-electron chi connectivity index (χ0n) is 14.9. The van der Waals surface area contributed by atoms with E-state index in [9.17, 15) is 22.8 Å². The lowest BCUT2D eigenvalue weighted by atomic mass is 10.2. The molecule has 0 spiro atoms. The van der Waals surface area contributed by atoms with Gasteiger partial charge in [0.1, 0.15) is 0 Å². The van der Waals surface area contributed by atoms with Crippen molar-refractivity contribution in [2.75, 3.05) is 11.9 Å². The number of alkyl halides is 3. The summed E-state index contributed by atoms with van der Waals surface area (Å²) in [5.74, 6) is -1.26. The molecule has 3 aromatic rings. The number of nitrogens with one attached hydrogen (secondary N) is 2. The van der Waals surface area contributed by atoms with Gasteiger partial charge in [0, 0.05) is 18.4 Å². The second-order valence-corrected chi connectivity index (χ2v) is 6.03.